The van der Waals surface area contributed by atoms with Crippen LogP contribution in [-0.2, 0) is 20.9 Å². The average Bonchev–Trinajstić information content (AvgIpc) is 2.64. The molecule has 142 valence electrons. The fourth-order valence-electron chi connectivity index (χ4n) is 3.84. The number of methoxy groups -OCH3 is 1. The zero-order chi connectivity index (χ0) is 18.6. The van der Waals surface area contributed by atoms with Gasteiger partial charge in [0.1, 0.15) is 5.82 Å². The molecule has 2 heterocycles. The van der Waals surface area contributed by atoms with Gasteiger partial charge in [0.2, 0.25) is 11.8 Å². The summed E-state index contributed by atoms with van der Waals surface area (Å²) < 4.78 is 18.7. The molecule has 7 heteroatoms. The van der Waals surface area contributed by atoms with Crippen molar-refractivity contribution in [1.82, 2.24) is 15.1 Å². The molecular formula is C19H26FN3O3. The van der Waals surface area contributed by atoms with Gasteiger partial charge in [-0.15, -0.1) is 0 Å². The van der Waals surface area contributed by atoms with E-state index in [-0.39, 0.29) is 24.2 Å². The maximum absolute atomic E-state index is 13.3. The Kier molecular flexibility index (Phi) is 5.88. The van der Waals surface area contributed by atoms with E-state index in [1.54, 1.807) is 29.0 Å². The van der Waals surface area contributed by atoms with Gasteiger partial charge in [0, 0.05) is 26.7 Å². The van der Waals surface area contributed by atoms with Gasteiger partial charge in [-0.2, -0.15) is 0 Å². The van der Waals surface area contributed by atoms with Crippen LogP contribution in [-0.4, -0.2) is 68.1 Å². The van der Waals surface area contributed by atoms with Crippen LogP contribution in [0.5, 0.6) is 0 Å². The largest absolute Gasteiger partial charge is 0.384 e. The van der Waals surface area contributed by atoms with Crippen LogP contribution >= 0.6 is 0 Å². The zero-order valence-corrected chi connectivity index (χ0v) is 15.2. The van der Waals surface area contributed by atoms with Crippen LogP contribution in [0.2, 0.25) is 0 Å². The fourth-order valence-corrected chi connectivity index (χ4v) is 3.84. The van der Waals surface area contributed by atoms with Crippen molar-refractivity contribution >= 4 is 11.8 Å². The second-order valence-electron chi connectivity index (χ2n) is 7.14. The van der Waals surface area contributed by atoms with Gasteiger partial charge in [-0.25, -0.2) is 4.39 Å². The summed E-state index contributed by atoms with van der Waals surface area (Å²) >= 11 is 0. The minimum absolute atomic E-state index is 0.0135. The van der Waals surface area contributed by atoms with Gasteiger partial charge < -0.3 is 19.9 Å². The number of carbonyl (C=O) groups excluding carboxylic acids is 2. The number of nitrogens with zero attached hydrogens (tertiary/aromatic N) is 2. The lowest BCUT2D eigenvalue weighted by Gasteiger charge is -2.42. The van der Waals surface area contributed by atoms with E-state index < -0.39 is 5.41 Å². The number of carbonyl (C=O) groups is 2. The van der Waals surface area contributed by atoms with Gasteiger partial charge in [0.05, 0.1) is 18.6 Å². The van der Waals surface area contributed by atoms with Gasteiger partial charge >= 0.3 is 0 Å². The third-order valence-corrected chi connectivity index (χ3v) is 5.30. The summed E-state index contributed by atoms with van der Waals surface area (Å²) in [6.45, 7) is 3.34. The van der Waals surface area contributed by atoms with Crippen molar-refractivity contribution in [2.45, 2.75) is 19.4 Å². The van der Waals surface area contributed by atoms with Crippen molar-refractivity contribution in [3.63, 3.8) is 0 Å². The highest BCUT2D eigenvalue weighted by atomic mass is 19.1. The Balaban J connectivity index is 1.64. The van der Waals surface area contributed by atoms with Crippen molar-refractivity contribution < 1.29 is 18.7 Å². The number of amides is 2. The number of piperazine rings is 1. The number of hydrogen-bond acceptors (Lipinski definition) is 4. The molecule has 6 nitrogen and oxygen atoms in total. The summed E-state index contributed by atoms with van der Waals surface area (Å²) in [6.07, 6.45) is 1.44. The van der Waals surface area contributed by atoms with Crippen LogP contribution in [0.25, 0.3) is 0 Å². The van der Waals surface area contributed by atoms with E-state index in [9.17, 15) is 14.0 Å². The minimum Gasteiger partial charge on any atom is -0.384 e. The Morgan fingerprint density at radius 3 is 2.73 bits per heavy atom. The smallest absolute Gasteiger partial charge is 0.242 e. The Labute approximate surface area is 153 Å². The topological polar surface area (TPSA) is 61.9 Å². The molecule has 0 aliphatic carbocycles. The number of ether oxygens (including phenoxy) is 1. The van der Waals surface area contributed by atoms with Crippen molar-refractivity contribution in [1.29, 1.82) is 0 Å². The second kappa shape index (κ2) is 8.14. The molecule has 0 bridgehead atoms. The molecule has 26 heavy (non-hydrogen) atoms. The molecule has 1 aromatic carbocycles. The first-order chi connectivity index (χ1) is 12.5. The van der Waals surface area contributed by atoms with Crippen molar-refractivity contribution in [3.8, 4) is 0 Å². The van der Waals surface area contributed by atoms with Gasteiger partial charge in [0.25, 0.3) is 0 Å². The third kappa shape index (κ3) is 4.04. The molecule has 2 fully saturated rings. The zero-order valence-electron chi connectivity index (χ0n) is 15.2. The maximum atomic E-state index is 13.3. The molecule has 2 aliphatic rings. The van der Waals surface area contributed by atoms with E-state index in [4.69, 9.17) is 4.74 Å². The van der Waals surface area contributed by atoms with Crippen LogP contribution in [0.15, 0.2) is 24.3 Å². The number of nitrogens with one attached hydrogen (secondary N) is 1. The number of rotatable bonds is 5. The molecule has 0 radical (unpaired) electrons. The Hall–Kier alpha value is -1.99. The van der Waals surface area contributed by atoms with E-state index in [1.807, 2.05) is 0 Å². The molecule has 0 saturated carbocycles. The van der Waals surface area contributed by atoms with Crippen LogP contribution in [0, 0.1) is 11.2 Å². The summed E-state index contributed by atoms with van der Waals surface area (Å²) in [7, 11) is 1.61. The summed E-state index contributed by atoms with van der Waals surface area (Å²) in [6, 6.07) is 6.26. The number of halogens is 1. The standard InChI is InChI=1S/C19H26FN3O3/c1-26-14-19(5-7-21-8-6-19)18(25)23-10-9-22(17(24)13-23)12-15-3-2-4-16(20)11-15/h2-4,11,21H,5-10,12-14H2,1H3. The maximum Gasteiger partial charge on any atom is 0.242 e. The van der Waals surface area contributed by atoms with Gasteiger partial charge in [-0.3, -0.25) is 9.59 Å². The molecule has 2 amide bonds. The SMILES string of the molecule is COCC1(C(=O)N2CCN(Cc3cccc(F)c3)C(=O)C2)CCNCC1. The molecule has 1 N–H and O–H groups in total. The fraction of sp³-hybridized carbons (Fsp3) is 0.579. The first-order valence-electron chi connectivity index (χ1n) is 9.05. The van der Waals surface area contributed by atoms with Crippen molar-refractivity contribution in [3.05, 3.63) is 35.6 Å². The van der Waals surface area contributed by atoms with E-state index in [2.05, 4.69) is 5.32 Å². The molecule has 0 unspecified atom stereocenters. The molecule has 1 aromatic rings. The van der Waals surface area contributed by atoms with E-state index >= 15 is 0 Å². The number of piperidine rings is 1. The molecule has 2 aliphatic heterocycles. The molecule has 3 rings (SSSR count). The normalized spacial score (nSPS) is 20.3. The van der Waals surface area contributed by atoms with Crippen LogP contribution < -0.4 is 5.32 Å². The lowest BCUT2D eigenvalue weighted by molar-refractivity contribution is -0.155. The predicted molar refractivity (Wildman–Crippen MR) is 94.8 cm³/mol. The Bertz CT molecular complexity index is 656. The van der Waals surface area contributed by atoms with Crippen molar-refractivity contribution in [2.75, 3.05) is 46.4 Å². The second-order valence-corrected chi connectivity index (χ2v) is 7.14. The van der Waals surface area contributed by atoms with E-state index in [0.717, 1.165) is 31.5 Å². The van der Waals surface area contributed by atoms with Gasteiger partial charge in [-0.05, 0) is 43.6 Å². The lowest BCUT2D eigenvalue weighted by atomic mass is 9.78. The minimum atomic E-state index is -0.537. The molecule has 0 atom stereocenters. The first-order valence-corrected chi connectivity index (χ1v) is 9.05. The van der Waals surface area contributed by atoms with Crippen molar-refractivity contribution in [2.24, 2.45) is 5.41 Å². The van der Waals surface area contributed by atoms with Crippen LogP contribution in [0.4, 0.5) is 4.39 Å². The Morgan fingerprint density at radius 1 is 1.31 bits per heavy atom. The molecule has 2 saturated heterocycles. The highest BCUT2D eigenvalue weighted by Crippen LogP contribution is 2.32. The van der Waals surface area contributed by atoms with Crippen LogP contribution in [0.3, 0.4) is 0 Å². The van der Waals surface area contributed by atoms with E-state index in [0.29, 0.717) is 26.2 Å². The quantitative estimate of drug-likeness (QED) is 0.848. The van der Waals surface area contributed by atoms with Crippen LogP contribution in [0.1, 0.15) is 18.4 Å². The summed E-state index contributed by atoms with van der Waals surface area (Å²) in [5, 5.41) is 3.27. The summed E-state index contributed by atoms with van der Waals surface area (Å²) in [5.74, 6) is -0.397. The summed E-state index contributed by atoms with van der Waals surface area (Å²) in [4.78, 5) is 29.0. The summed E-state index contributed by atoms with van der Waals surface area (Å²) in [5.41, 5.74) is 0.220. The average molecular weight is 363 g/mol. The molecular weight excluding hydrogens is 337 g/mol. The number of hydrogen-bond donors (Lipinski definition) is 1. The predicted octanol–water partition coefficient (Wildman–Crippen LogP) is 1.01. The molecule has 0 spiro atoms. The van der Waals surface area contributed by atoms with Gasteiger partial charge in [0.15, 0.2) is 0 Å². The first kappa shape index (κ1) is 18.8. The highest BCUT2D eigenvalue weighted by molar-refractivity contribution is 5.89. The monoisotopic (exact) mass is 363 g/mol. The highest BCUT2D eigenvalue weighted by Gasteiger charge is 2.43. The lowest BCUT2D eigenvalue weighted by Crippen LogP contribution is -2.58. The Morgan fingerprint density at radius 2 is 2.08 bits per heavy atom. The third-order valence-electron chi connectivity index (χ3n) is 5.30. The number of benzene rings is 1. The molecule has 0 aromatic heterocycles. The van der Waals surface area contributed by atoms with Gasteiger partial charge in [-0.1, -0.05) is 12.1 Å². The van der Waals surface area contributed by atoms with E-state index in [1.165, 1.54) is 12.1 Å².